The van der Waals surface area contributed by atoms with E-state index in [2.05, 4.69) is 0 Å². The van der Waals surface area contributed by atoms with Crippen molar-refractivity contribution in [2.24, 2.45) is 0 Å². The molecule has 2 aliphatic rings. The van der Waals surface area contributed by atoms with Crippen LogP contribution in [0.25, 0.3) is 0 Å². The van der Waals surface area contributed by atoms with E-state index in [1.54, 1.807) is 14.0 Å². The molecule has 0 spiro atoms. The van der Waals surface area contributed by atoms with Gasteiger partial charge in [-0.05, 0) is 29.2 Å². The Labute approximate surface area is 299 Å². The first-order chi connectivity index (χ1) is 25.0. The number of methoxy groups -OCH3 is 1. The summed E-state index contributed by atoms with van der Waals surface area (Å²) in [4.78, 5) is 0. The lowest BCUT2D eigenvalue weighted by Crippen LogP contribution is -2.65. The molecule has 6 rings (SSSR count). The first-order valence-corrected chi connectivity index (χ1v) is 17.4. The minimum absolute atomic E-state index is 0.116. The maximum atomic E-state index is 11.6. The van der Waals surface area contributed by atoms with E-state index in [9.17, 15) is 10.2 Å². The molecule has 2 N–H and O–H groups in total. The Morgan fingerprint density at radius 1 is 0.510 bits per heavy atom. The molecular weight excluding hydrogens is 652 g/mol. The topological polar surface area (TPSA) is 114 Å². The van der Waals surface area contributed by atoms with Crippen LogP contribution in [-0.2, 0) is 64.3 Å². The van der Waals surface area contributed by atoms with Crippen molar-refractivity contribution in [3.8, 4) is 0 Å². The molecule has 10 heteroatoms. The number of aliphatic hydroxyl groups excluding tert-OH is 2. The third kappa shape index (κ3) is 10.1. The number of rotatable bonds is 16. The molecular formula is C41H48O10. The smallest absolute Gasteiger partial charge is 0.187 e. The lowest BCUT2D eigenvalue weighted by atomic mass is 9.96. The van der Waals surface area contributed by atoms with Gasteiger partial charge in [-0.15, -0.1) is 0 Å². The third-order valence-corrected chi connectivity index (χ3v) is 9.15. The van der Waals surface area contributed by atoms with Gasteiger partial charge >= 0.3 is 0 Å². The van der Waals surface area contributed by atoms with Crippen molar-refractivity contribution < 1.29 is 48.1 Å². The molecule has 2 aliphatic heterocycles. The summed E-state index contributed by atoms with van der Waals surface area (Å²) in [5, 5.41) is 22.7. The van der Waals surface area contributed by atoms with Crippen LogP contribution >= 0.6 is 0 Å². The summed E-state index contributed by atoms with van der Waals surface area (Å²) in [7, 11) is 1.56. The molecule has 4 aromatic carbocycles. The number of hydrogen-bond donors (Lipinski definition) is 2. The van der Waals surface area contributed by atoms with E-state index in [-0.39, 0.29) is 26.4 Å². The minimum atomic E-state index is -1.34. The average Bonchev–Trinajstić information content (AvgIpc) is 3.17. The van der Waals surface area contributed by atoms with Gasteiger partial charge in [-0.25, -0.2) is 0 Å². The SMILES string of the molecule is CO[C@H]1O[C@H](COCc2ccccc2)[C@@H](O[C@H]2O[C@@H](C)[C@H](O)[C@@H](OCc3ccccc3)[C@H]2O)[C@H](OCc2ccccc2)[C@H]1OCc1ccccc1. The first-order valence-electron chi connectivity index (χ1n) is 17.4. The Kier molecular flexibility index (Phi) is 13.7. The van der Waals surface area contributed by atoms with E-state index in [0.29, 0.717) is 6.61 Å². The molecule has 2 saturated heterocycles. The molecule has 0 aliphatic carbocycles. The molecule has 0 aromatic heterocycles. The van der Waals surface area contributed by atoms with Gasteiger partial charge < -0.3 is 48.1 Å². The van der Waals surface area contributed by atoms with Gasteiger partial charge in [-0.2, -0.15) is 0 Å². The van der Waals surface area contributed by atoms with Crippen LogP contribution in [0, 0.1) is 0 Å². The van der Waals surface area contributed by atoms with Crippen molar-refractivity contribution in [2.75, 3.05) is 13.7 Å². The summed E-state index contributed by atoms with van der Waals surface area (Å²) in [5.41, 5.74) is 3.83. The molecule has 4 aromatic rings. The minimum Gasteiger partial charge on any atom is -0.388 e. The van der Waals surface area contributed by atoms with E-state index in [0.717, 1.165) is 22.3 Å². The molecule has 0 unspecified atom stereocenters. The van der Waals surface area contributed by atoms with E-state index >= 15 is 0 Å². The van der Waals surface area contributed by atoms with Gasteiger partial charge in [-0.1, -0.05) is 121 Å². The second-order valence-electron chi connectivity index (χ2n) is 12.9. The molecule has 0 saturated carbocycles. The molecule has 2 fully saturated rings. The largest absolute Gasteiger partial charge is 0.388 e. The lowest BCUT2D eigenvalue weighted by Gasteiger charge is -2.48. The van der Waals surface area contributed by atoms with Gasteiger partial charge in [0, 0.05) is 7.11 Å². The van der Waals surface area contributed by atoms with Crippen molar-refractivity contribution in [3.05, 3.63) is 144 Å². The van der Waals surface area contributed by atoms with E-state index in [1.807, 2.05) is 121 Å². The summed E-state index contributed by atoms with van der Waals surface area (Å²) < 4.78 is 50.8. The predicted molar refractivity (Wildman–Crippen MR) is 188 cm³/mol. The summed E-state index contributed by atoms with van der Waals surface area (Å²) >= 11 is 0. The molecule has 272 valence electrons. The maximum Gasteiger partial charge on any atom is 0.187 e. The Morgan fingerprint density at radius 3 is 1.45 bits per heavy atom. The molecule has 2 heterocycles. The Hall–Kier alpha value is -3.52. The average molecular weight is 701 g/mol. The Balaban J connectivity index is 1.27. The predicted octanol–water partition coefficient (Wildman–Crippen LogP) is 5.18. The van der Waals surface area contributed by atoms with E-state index < -0.39 is 61.4 Å². The summed E-state index contributed by atoms with van der Waals surface area (Å²) in [5.74, 6) is 0. The third-order valence-electron chi connectivity index (χ3n) is 9.15. The van der Waals surface area contributed by atoms with Gasteiger partial charge in [0.15, 0.2) is 12.6 Å². The van der Waals surface area contributed by atoms with Crippen molar-refractivity contribution >= 4 is 0 Å². The zero-order valence-corrected chi connectivity index (χ0v) is 29.0. The normalized spacial score (nSPS) is 29.5. The van der Waals surface area contributed by atoms with Crippen molar-refractivity contribution in [1.82, 2.24) is 0 Å². The van der Waals surface area contributed by atoms with Gasteiger partial charge in [-0.3, -0.25) is 0 Å². The summed E-state index contributed by atoms with van der Waals surface area (Å²) in [6, 6.07) is 39.0. The van der Waals surface area contributed by atoms with Gasteiger partial charge in [0.1, 0.15) is 42.7 Å². The monoisotopic (exact) mass is 700 g/mol. The van der Waals surface area contributed by atoms with Crippen LogP contribution in [0.5, 0.6) is 0 Å². The quantitative estimate of drug-likeness (QED) is 0.162. The van der Waals surface area contributed by atoms with Crippen LogP contribution in [-0.4, -0.2) is 85.3 Å². The Morgan fingerprint density at radius 2 is 0.961 bits per heavy atom. The fourth-order valence-electron chi connectivity index (χ4n) is 6.36. The van der Waals surface area contributed by atoms with Crippen LogP contribution in [0.2, 0.25) is 0 Å². The molecule has 0 bridgehead atoms. The van der Waals surface area contributed by atoms with Crippen LogP contribution < -0.4 is 0 Å². The highest BCUT2D eigenvalue weighted by atomic mass is 16.8. The fourth-order valence-corrected chi connectivity index (χ4v) is 6.36. The van der Waals surface area contributed by atoms with Crippen molar-refractivity contribution in [1.29, 1.82) is 0 Å². The van der Waals surface area contributed by atoms with Crippen molar-refractivity contribution in [3.63, 3.8) is 0 Å². The molecule has 0 amide bonds. The fraction of sp³-hybridized carbons (Fsp3) is 0.415. The highest BCUT2D eigenvalue weighted by molar-refractivity contribution is 5.16. The molecule has 51 heavy (non-hydrogen) atoms. The van der Waals surface area contributed by atoms with Gasteiger partial charge in [0.2, 0.25) is 0 Å². The number of ether oxygens (including phenoxy) is 8. The van der Waals surface area contributed by atoms with E-state index in [1.165, 1.54) is 0 Å². The molecule has 0 radical (unpaired) electrons. The van der Waals surface area contributed by atoms with E-state index in [4.69, 9.17) is 37.9 Å². The maximum absolute atomic E-state index is 11.6. The second kappa shape index (κ2) is 18.8. The zero-order valence-electron chi connectivity index (χ0n) is 29.0. The molecule has 10 atom stereocenters. The number of hydrogen-bond acceptors (Lipinski definition) is 10. The highest BCUT2D eigenvalue weighted by Gasteiger charge is 2.52. The summed E-state index contributed by atoms with van der Waals surface area (Å²) in [6.45, 7) is 2.88. The van der Waals surface area contributed by atoms with Crippen molar-refractivity contribution in [2.45, 2.75) is 94.8 Å². The van der Waals surface area contributed by atoms with Crippen LogP contribution in [0.15, 0.2) is 121 Å². The lowest BCUT2D eigenvalue weighted by molar-refractivity contribution is -0.366. The van der Waals surface area contributed by atoms with Crippen LogP contribution in [0.3, 0.4) is 0 Å². The second-order valence-corrected chi connectivity index (χ2v) is 12.9. The zero-order chi connectivity index (χ0) is 35.4. The summed E-state index contributed by atoms with van der Waals surface area (Å²) in [6.07, 6.45) is -9.28. The number of benzene rings is 4. The first kappa shape index (κ1) is 37.2. The Bertz CT molecular complexity index is 1550. The van der Waals surface area contributed by atoms with Crippen LogP contribution in [0.4, 0.5) is 0 Å². The van der Waals surface area contributed by atoms with Crippen LogP contribution in [0.1, 0.15) is 29.2 Å². The highest BCUT2D eigenvalue weighted by Crippen LogP contribution is 2.34. The standard InChI is InChI=1S/C41H48O10/c1-28-34(42)37(46-24-30-17-9-4-10-18-30)35(43)40(49-28)51-36-33(27-45-23-29-15-7-3-8-16-29)50-41(44-2)39(48-26-32-21-13-6-14-22-32)38(36)47-25-31-19-11-5-12-20-31/h3-22,28,33-43H,23-27H2,1-2H3/t28-,33+,34-,35+,36+,37+,38-,39+,40+,41-/m0/s1. The van der Waals surface area contributed by atoms with Gasteiger partial charge in [0.05, 0.1) is 39.1 Å². The number of aliphatic hydroxyl groups is 2. The van der Waals surface area contributed by atoms with Gasteiger partial charge in [0.25, 0.3) is 0 Å². The molecule has 10 nitrogen and oxygen atoms in total.